The van der Waals surface area contributed by atoms with Crippen molar-refractivity contribution in [3.63, 3.8) is 0 Å². The van der Waals surface area contributed by atoms with Gasteiger partial charge in [-0.05, 0) is 58.0 Å². The van der Waals surface area contributed by atoms with Gasteiger partial charge in [-0.1, -0.05) is 18.8 Å². The van der Waals surface area contributed by atoms with Gasteiger partial charge in [0, 0.05) is 37.5 Å². The molecular formula is C25H37N3O5S. The lowest BCUT2D eigenvalue weighted by Gasteiger charge is -2.37. The molecule has 1 aliphatic heterocycles. The number of ether oxygens (including phenoxy) is 1. The molecule has 34 heavy (non-hydrogen) atoms. The largest absolute Gasteiger partial charge is 0.487 e. The predicted octanol–water partition coefficient (Wildman–Crippen LogP) is 1.63. The van der Waals surface area contributed by atoms with Crippen LogP contribution in [0.4, 0.5) is 0 Å². The van der Waals surface area contributed by atoms with E-state index in [1.54, 1.807) is 31.0 Å². The monoisotopic (exact) mass is 491 g/mol. The van der Waals surface area contributed by atoms with Crippen LogP contribution in [0.5, 0.6) is 5.75 Å². The fourth-order valence-corrected chi connectivity index (χ4v) is 5.74. The molecule has 2 aliphatic rings. The quantitative estimate of drug-likeness (QED) is 0.583. The van der Waals surface area contributed by atoms with Gasteiger partial charge in [0.1, 0.15) is 16.7 Å². The fraction of sp³-hybridized carbons (Fsp3) is 0.640. The Labute approximate surface area is 203 Å². The summed E-state index contributed by atoms with van der Waals surface area (Å²) in [6.07, 6.45) is 2.34. The lowest BCUT2D eigenvalue weighted by atomic mass is 10.0. The summed E-state index contributed by atoms with van der Waals surface area (Å²) >= 11 is 0. The van der Waals surface area contributed by atoms with Crippen molar-refractivity contribution in [2.45, 2.75) is 50.2 Å². The number of fused-ring (bicyclic) bond motifs is 1. The van der Waals surface area contributed by atoms with Crippen LogP contribution in [0.2, 0.25) is 0 Å². The van der Waals surface area contributed by atoms with Crippen molar-refractivity contribution in [3.8, 4) is 17.6 Å². The lowest BCUT2D eigenvalue weighted by Crippen LogP contribution is -2.50. The molecule has 0 radical (unpaired) electrons. The molecule has 8 nitrogen and oxygen atoms in total. The van der Waals surface area contributed by atoms with E-state index in [9.17, 15) is 18.3 Å². The van der Waals surface area contributed by atoms with Crippen molar-refractivity contribution in [2.75, 3.05) is 47.4 Å². The third kappa shape index (κ3) is 6.51. The zero-order valence-corrected chi connectivity index (χ0v) is 21.6. The highest BCUT2D eigenvalue weighted by Gasteiger charge is 2.38. The zero-order valence-electron chi connectivity index (χ0n) is 20.8. The first kappa shape index (κ1) is 26.5. The number of carbonyl (C=O) groups is 1. The number of sulfonamides is 1. The van der Waals surface area contributed by atoms with Crippen molar-refractivity contribution in [3.05, 3.63) is 23.8 Å². The van der Waals surface area contributed by atoms with Crippen molar-refractivity contribution in [2.24, 2.45) is 11.8 Å². The summed E-state index contributed by atoms with van der Waals surface area (Å²) in [6.45, 7) is 4.43. The van der Waals surface area contributed by atoms with Crippen molar-refractivity contribution in [1.82, 2.24) is 14.1 Å². The normalized spacial score (nSPS) is 23.0. The Kier molecular flexibility index (Phi) is 8.63. The summed E-state index contributed by atoms with van der Waals surface area (Å²) in [5, 5.41) is 9.76. The minimum absolute atomic E-state index is 0.0508. The molecule has 1 N–H and O–H groups in total. The Bertz CT molecular complexity index is 1040. The molecule has 3 rings (SSSR count). The van der Waals surface area contributed by atoms with E-state index in [1.807, 2.05) is 25.9 Å². The number of amides is 1. The Morgan fingerprint density at radius 1 is 1.29 bits per heavy atom. The third-order valence-electron chi connectivity index (χ3n) is 6.33. The minimum Gasteiger partial charge on any atom is -0.487 e. The molecule has 0 aromatic heterocycles. The summed E-state index contributed by atoms with van der Waals surface area (Å²) in [5.74, 6) is 6.71. The Morgan fingerprint density at radius 2 is 2.00 bits per heavy atom. The highest BCUT2D eigenvalue weighted by atomic mass is 32.2. The van der Waals surface area contributed by atoms with Crippen LogP contribution in [0.15, 0.2) is 23.1 Å². The standard InChI is InChI=1S/C25H37N3O5S/c1-18-15-28(19(2)17-29)34(31,32)24-11-10-20(7-6-12-26(3)4)13-22(24)33-23(18)16-27(5)25(30)14-21-8-9-21/h10-11,13,18-19,21,23,29H,8-9,12,14-17H2,1-5H3/t18-,19-,23-/m1/s1. The number of nitrogens with zero attached hydrogens (tertiary/aromatic N) is 3. The van der Waals surface area contributed by atoms with E-state index >= 15 is 0 Å². The third-order valence-corrected chi connectivity index (χ3v) is 8.35. The van der Waals surface area contributed by atoms with Gasteiger partial charge in [0.05, 0.1) is 19.7 Å². The Morgan fingerprint density at radius 3 is 2.62 bits per heavy atom. The number of aliphatic hydroxyl groups is 1. The number of hydrogen-bond donors (Lipinski definition) is 1. The molecule has 1 amide bonds. The lowest BCUT2D eigenvalue weighted by molar-refractivity contribution is -0.131. The van der Waals surface area contributed by atoms with E-state index in [2.05, 4.69) is 11.8 Å². The van der Waals surface area contributed by atoms with Gasteiger partial charge in [0.25, 0.3) is 0 Å². The SMILES string of the molecule is C[C@@H]1CN([C@H](C)CO)S(=O)(=O)c2ccc(C#CCN(C)C)cc2O[C@@H]1CN(C)C(=O)CC1CC1. The van der Waals surface area contributed by atoms with E-state index in [1.165, 1.54) is 10.4 Å². The number of rotatable bonds is 7. The van der Waals surface area contributed by atoms with Gasteiger partial charge in [-0.2, -0.15) is 4.31 Å². The van der Waals surface area contributed by atoms with Crippen LogP contribution in [0, 0.1) is 23.7 Å². The zero-order chi connectivity index (χ0) is 25.0. The molecule has 1 fully saturated rings. The van der Waals surface area contributed by atoms with Gasteiger partial charge in [0.2, 0.25) is 15.9 Å². The molecule has 1 aliphatic carbocycles. The molecule has 3 atom stereocenters. The molecule has 9 heteroatoms. The maximum Gasteiger partial charge on any atom is 0.247 e. The van der Waals surface area contributed by atoms with E-state index < -0.39 is 22.2 Å². The van der Waals surface area contributed by atoms with E-state index in [0.29, 0.717) is 31.0 Å². The van der Waals surface area contributed by atoms with Gasteiger partial charge in [-0.3, -0.25) is 9.69 Å². The van der Waals surface area contributed by atoms with Crippen LogP contribution in [0.3, 0.4) is 0 Å². The number of hydrogen-bond acceptors (Lipinski definition) is 6. The number of likely N-dealkylation sites (N-methyl/N-ethyl adjacent to an activating group) is 1. The summed E-state index contributed by atoms with van der Waals surface area (Å²) in [5.41, 5.74) is 0.655. The smallest absolute Gasteiger partial charge is 0.247 e. The highest BCUT2D eigenvalue weighted by Crippen LogP contribution is 2.35. The molecule has 188 valence electrons. The molecule has 0 unspecified atom stereocenters. The Hall–Kier alpha value is -2.12. The second-order valence-corrected chi connectivity index (χ2v) is 11.7. The molecule has 0 bridgehead atoms. The molecule has 1 heterocycles. The predicted molar refractivity (Wildman–Crippen MR) is 131 cm³/mol. The van der Waals surface area contributed by atoms with Crippen LogP contribution < -0.4 is 4.74 Å². The minimum atomic E-state index is -3.90. The average molecular weight is 492 g/mol. The average Bonchev–Trinajstić information content (AvgIpc) is 3.59. The van der Waals surface area contributed by atoms with Crippen molar-refractivity contribution < 1.29 is 23.1 Å². The second-order valence-electron chi connectivity index (χ2n) is 9.86. The van der Waals surface area contributed by atoms with Crippen LogP contribution >= 0.6 is 0 Å². The maximum atomic E-state index is 13.5. The number of benzene rings is 1. The van der Waals surface area contributed by atoms with E-state index in [4.69, 9.17) is 4.74 Å². The summed E-state index contributed by atoms with van der Waals surface area (Å²) < 4.78 is 34.7. The van der Waals surface area contributed by atoms with Crippen LogP contribution in [0.1, 0.15) is 38.7 Å². The van der Waals surface area contributed by atoms with Crippen LogP contribution in [0.25, 0.3) is 0 Å². The first-order chi connectivity index (χ1) is 16.0. The van der Waals surface area contributed by atoms with Gasteiger partial charge >= 0.3 is 0 Å². The summed E-state index contributed by atoms with van der Waals surface area (Å²) in [7, 11) is 1.72. The van der Waals surface area contributed by atoms with E-state index in [-0.39, 0.29) is 35.6 Å². The fourth-order valence-electron chi connectivity index (χ4n) is 3.92. The Balaban J connectivity index is 1.97. The molecule has 1 aromatic rings. The number of aliphatic hydroxyl groups excluding tert-OH is 1. The molecule has 1 saturated carbocycles. The van der Waals surface area contributed by atoms with Crippen LogP contribution in [-0.4, -0.2) is 93.1 Å². The van der Waals surface area contributed by atoms with Crippen molar-refractivity contribution >= 4 is 15.9 Å². The maximum absolute atomic E-state index is 13.5. The molecule has 0 spiro atoms. The van der Waals surface area contributed by atoms with E-state index in [0.717, 1.165) is 12.8 Å². The first-order valence-electron chi connectivity index (χ1n) is 11.8. The molecule has 0 saturated heterocycles. The van der Waals surface area contributed by atoms with Gasteiger partial charge < -0.3 is 14.7 Å². The van der Waals surface area contributed by atoms with Crippen LogP contribution in [-0.2, 0) is 14.8 Å². The van der Waals surface area contributed by atoms with Gasteiger partial charge in [0.15, 0.2) is 0 Å². The van der Waals surface area contributed by atoms with Gasteiger partial charge in [-0.25, -0.2) is 8.42 Å². The second kappa shape index (κ2) is 11.1. The topological polar surface area (TPSA) is 90.4 Å². The van der Waals surface area contributed by atoms with Crippen molar-refractivity contribution in [1.29, 1.82) is 0 Å². The first-order valence-corrected chi connectivity index (χ1v) is 13.3. The summed E-state index contributed by atoms with van der Waals surface area (Å²) in [6, 6.07) is 4.27. The molecular weight excluding hydrogens is 454 g/mol. The van der Waals surface area contributed by atoms with Gasteiger partial charge in [-0.15, -0.1) is 0 Å². The molecule has 1 aromatic carbocycles. The number of carbonyl (C=O) groups excluding carboxylic acids is 1. The summed E-state index contributed by atoms with van der Waals surface area (Å²) in [4.78, 5) is 16.3. The highest BCUT2D eigenvalue weighted by molar-refractivity contribution is 7.89.